The van der Waals surface area contributed by atoms with E-state index < -0.39 is 10.0 Å². The molecule has 0 fully saturated rings. The second-order valence-corrected chi connectivity index (χ2v) is 9.99. The summed E-state index contributed by atoms with van der Waals surface area (Å²) in [5.74, 6) is 0.578. The smallest absolute Gasteiger partial charge is 0.251 e. The molecule has 1 atom stereocenters. The first-order valence-corrected chi connectivity index (χ1v) is 12.8. The Morgan fingerprint density at radius 3 is 2.30 bits per heavy atom. The summed E-state index contributed by atoms with van der Waals surface area (Å²) >= 11 is 6.03. The average Bonchev–Trinajstić information content (AvgIpc) is 2.77. The predicted molar refractivity (Wildman–Crippen MR) is 132 cm³/mol. The van der Waals surface area contributed by atoms with Gasteiger partial charge in [0.2, 0.25) is 10.0 Å². The van der Waals surface area contributed by atoms with Crippen LogP contribution in [-0.2, 0) is 16.6 Å². The monoisotopic (exact) mass is 486 g/mol. The molecule has 0 heterocycles. The molecule has 174 valence electrons. The average molecular weight is 487 g/mol. The van der Waals surface area contributed by atoms with Crippen LogP contribution in [0.5, 0.6) is 5.75 Å². The van der Waals surface area contributed by atoms with Crippen molar-refractivity contribution in [3.63, 3.8) is 0 Å². The Morgan fingerprint density at radius 1 is 1.06 bits per heavy atom. The minimum Gasteiger partial charge on any atom is -0.494 e. The van der Waals surface area contributed by atoms with Crippen molar-refractivity contribution in [1.82, 2.24) is 5.32 Å². The van der Waals surface area contributed by atoms with Gasteiger partial charge in [0, 0.05) is 10.6 Å². The van der Waals surface area contributed by atoms with Crippen LogP contribution in [0.4, 0.5) is 5.69 Å². The number of halogens is 1. The summed E-state index contributed by atoms with van der Waals surface area (Å²) in [5, 5.41) is 3.43. The number of amides is 1. The van der Waals surface area contributed by atoms with Crippen LogP contribution in [0.3, 0.4) is 0 Å². The Labute approximate surface area is 200 Å². The molecule has 0 aliphatic carbocycles. The number of sulfonamides is 1. The third kappa shape index (κ3) is 6.73. The summed E-state index contributed by atoms with van der Waals surface area (Å²) in [4.78, 5) is 12.7. The number of benzene rings is 3. The normalized spacial score (nSPS) is 12.1. The zero-order valence-electron chi connectivity index (χ0n) is 18.8. The molecule has 1 unspecified atom stereocenters. The Kier molecular flexibility index (Phi) is 8.00. The van der Waals surface area contributed by atoms with Gasteiger partial charge in [-0.05, 0) is 67.4 Å². The number of carbonyl (C=O) groups excluding carboxylic acids is 1. The molecule has 0 aliphatic heterocycles. The van der Waals surface area contributed by atoms with Gasteiger partial charge in [0.05, 0.1) is 31.1 Å². The molecule has 3 aromatic rings. The third-order valence-electron chi connectivity index (χ3n) is 5.08. The molecule has 0 saturated carbocycles. The molecule has 0 spiro atoms. The van der Waals surface area contributed by atoms with Gasteiger partial charge in [-0.25, -0.2) is 8.42 Å². The maximum atomic E-state index is 12.7. The number of ether oxygens (including phenoxy) is 1. The summed E-state index contributed by atoms with van der Waals surface area (Å²) in [6.45, 7) is 4.57. The molecule has 1 amide bonds. The molecule has 1 N–H and O–H groups in total. The lowest BCUT2D eigenvalue weighted by atomic mass is 10.1. The highest BCUT2D eigenvalue weighted by Gasteiger charge is 2.19. The SMILES string of the molecule is CCOc1ccc(C(C)NC(=O)c2ccc(CN(c3cccc(Cl)c3)S(C)(=O)=O)cc2)cc1. The third-order valence-corrected chi connectivity index (χ3v) is 6.45. The topological polar surface area (TPSA) is 75.7 Å². The van der Waals surface area contributed by atoms with Crippen molar-refractivity contribution in [1.29, 1.82) is 0 Å². The molecule has 0 radical (unpaired) electrons. The number of rotatable bonds is 9. The molecule has 0 aromatic heterocycles. The zero-order valence-corrected chi connectivity index (χ0v) is 20.4. The van der Waals surface area contributed by atoms with E-state index in [-0.39, 0.29) is 18.5 Å². The van der Waals surface area contributed by atoms with Crippen LogP contribution in [-0.4, -0.2) is 27.2 Å². The summed E-state index contributed by atoms with van der Waals surface area (Å²) < 4.78 is 31.4. The standard InChI is InChI=1S/C25H27ClN2O4S/c1-4-32-24-14-12-20(13-15-24)18(2)27-25(29)21-10-8-19(9-11-21)17-28(33(3,30)31)23-7-5-6-22(26)16-23/h5-16,18H,4,17H2,1-3H3,(H,27,29). The van der Waals surface area contributed by atoms with Crippen molar-refractivity contribution in [2.75, 3.05) is 17.2 Å². The van der Waals surface area contributed by atoms with Crippen LogP contribution in [0.2, 0.25) is 5.02 Å². The maximum Gasteiger partial charge on any atom is 0.251 e. The van der Waals surface area contributed by atoms with Gasteiger partial charge in [-0.2, -0.15) is 0 Å². The van der Waals surface area contributed by atoms with Crippen molar-refractivity contribution in [3.8, 4) is 5.75 Å². The molecule has 0 saturated heterocycles. The number of hydrogen-bond donors (Lipinski definition) is 1. The van der Waals surface area contributed by atoms with Crippen LogP contribution in [0, 0.1) is 0 Å². The zero-order chi connectivity index (χ0) is 24.0. The highest BCUT2D eigenvalue weighted by atomic mass is 35.5. The van der Waals surface area contributed by atoms with E-state index in [1.807, 2.05) is 38.1 Å². The van der Waals surface area contributed by atoms with E-state index >= 15 is 0 Å². The minimum absolute atomic E-state index is 0.129. The molecule has 0 aliphatic rings. The van der Waals surface area contributed by atoms with Crippen molar-refractivity contribution < 1.29 is 17.9 Å². The fraction of sp³-hybridized carbons (Fsp3) is 0.240. The van der Waals surface area contributed by atoms with Gasteiger partial charge in [0.1, 0.15) is 5.75 Å². The number of nitrogens with one attached hydrogen (secondary N) is 1. The summed E-state index contributed by atoms with van der Waals surface area (Å²) in [6, 6.07) is 21.0. The second kappa shape index (κ2) is 10.7. The second-order valence-electron chi connectivity index (χ2n) is 7.64. The number of carbonyl (C=O) groups is 1. The molecule has 0 bridgehead atoms. The first-order chi connectivity index (χ1) is 15.7. The van der Waals surface area contributed by atoms with E-state index in [1.54, 1.807) is 48.5 Å². The van der Waals surface area contributed by atoms with Crippen molar-refractivity contribution in [3.05, 3.63) is 94.5 Å². The van der Waals surface area contributed by atoms with Gasteiger partial charge in [-0.1, -0.05) is 41.9 Å². The molecule has 3 rings (SSSR count). The van der Waals surface area contributed by atoms with E-state index in [0.717, 1.165) is 23.1 Å². The molecular formula is C25H27ClN2O4S. The summed E-state index contributed by atoms with van der Waals surface area (Å²) in [6.07, 6.45) is 1.15. The van der Waals surface area contributed by atoms with E-state index in [0.29, 0.717) is 22.9 Å². The molecular weight excluding hydrogens is 460 g/mol. The Morgan fingerprint density at radius 2 is 1.73 bits per heavy atom. The first kappa shape index (κ1) is 24.6. The van der Waals surface area contributed by atoms with Crippen LogP contribution in [0.1, 0.15) is 41.4 Å². The fourth-order valence-corrected chi connectivity index (χ4v) is 4.41. The summed E-state index contributed by atoms with van der Waals surface area (Å²) in [5.41, 5.74) is 2.69. The lowest BCUT2D eigenvalue weighted by molar-refractivity contribution is 0.0940. The molecule has 8 heteroatoms. The van der Waals surface area contributed by atoms with Gasteiger partial charge < -0.3 is 10.1 Å². The van der Waals surface area contributed by atoms with Gasteiger partial charge in [0.15, 0.2) is 0 Å². The maximum absolute atomic E-state index is 12.7. The van der Waals surface area contributed by atoms with Gasteiger partial charge in [-0.15, -0.1) is 0 Å². The summed E-state index contributed by atoms with van der Waals surface area (Å²) in [7, 11) is -3.53. The van der Waals surface area contributed by atoms with E-state index in [4.69, 9.17) is 16.3 Å². The number of hydrogen-bond acceptors (Lipinski definition) is 4. The fourth-order valence-electron chi connectivity index (χ4n) is 3.34. The highest BCUT2D eigenvalue weighted by Crippen LogP contribution is 2.24. The van der Waals surface area contributed by atoms with Gasteiger partial charge >= 0.3 is 0 Å². The predicted octanol–water partition coefficient (Wildman–Crippen LogP) is 5.20. The van der Waals surface area contributed by atoms with Gasteiger partial charge in [0.25, 0.3) is 5.91 Å². The Bertz CT molecular complexity index is 1200. The van der Waals surface area contributed by atoms with Crippen LogP contribution in [0.25, 0.3) is 0 Å². The van der Waals surface area contributed by atoms with Crippen molar-refractivity contribution >= 4 is 33.2 Å². The van der Waals surface area contributed by atoms with E-state index in [9.17, 15) is 13.2 Å². The van der Waals surface area contributed by atoms with Gasteiger partial charge in [-0.3, -0.25) is 9.10 Å². The Hall–Kier alpha value is -3.03. The van der Waals surface area contributed by atoms with E-state index in [2.05, 4.69) is 5.32 Å². The first-order valence-electron chi connectivity index (χ1n) is 10.5. The Balaban J connectivity index is 1.69. The van der Waals surface area contributed by atoms with Crippen LogP contribution < -0.4 is 14.4 Å². The molecule has 6 nitrogen and oxygen atoms in total. The number of nitrogens with zero attached hydrogens (tertiary/aromatic N) is 1. The number of anilines is 1. The largest absolute Gasteiger partial charge is 0.494 e. The quantitative estimate of drug-likeness (QED) is 0.451. The van der Waals surface area contributed by atoms with Crippen LogP contribution in [0.15, 0.2) is 72.8 Å². The van der Waals surface area contributed by atoms with Crippen LogP contribution >= 0.6 is 11.6 Å². The van der Waals surface area contributed by atoms with Crippen molar-refractivity contribution in [2.24, 2.45) is 0 Å². The molecule has 3 aromatic carbocycles. The lowest BCUT2D eigenvalue weighted by Crippen LogP contribution is -2.29. The van der Waals surface area contributed by atoms with E-state index in [1.165, 1.54) is 4.31 Å². The lowest BCUT2D eigenvalue weighted by Gasteiger charge is -2.23. The molecule has 33 heavy (non-hydrogen) atoms. The van der Waals surface area contributed by atoms with Crippen molar-refractivity contribution in [2.45, 2.75) is 26.4 Å². The minimum atomic E-state index is -3.53. The highest BCUT2D eigenvalue weighted by molar-refractivity contribution is 7.92.